The van der Waals surface area contributed by atoms with Gasteiger partial charge in [-0.1, -0.05) is 28.1 Å². The lowest BCUT2D eigenvalue weighted by Gasteiger charge is -2.30. The van der Waals surface area contributed by atoms with Crippen LogP contribution in [0.15, 0.2) is 28.7 Å². The van der Waals surface area contributed by atoms with Gasteiger partial charge in [0.15, 0.2) is 0 Å². The Bertz CT molecular complexity index is 390. The van der Waals surface area contributed by atoms with Crippen LogP contribution in [0.5, 0.6) is 0 Å². The summed E-state index contributed by atoms with van der Waals surface area (Å²) >= 11 is 3.48. The van der Waals surface area contributed by atoms with Crippen LogP contribution in [0, 0.1) is 0 Å². The second-order valence-electron chi connectivity index (χ2n) is 5.71. The van der Waals surface area contributed by atoms with E-state index < -0.39 is 0 Å². The summed E-state index contributed by atoms with van der Waals surface area (Å²) in [6.45, 7) is 9.52. The highest BCUT2D eigenvalue weighted by atomic mass is 79.9. The Morgan fingerprint density at radius 2 is 1.80 bits per heavy atom. The van der Waals surface area contributed by atoms with Crippen molar-refractivity contribution in [1.29, 1.82) is 0 Å². The summed E-state index contributed by atoms with van der Waals surface area (Å²) < 4.78 is 6.53. The van der Waals surface area contributed by atoms with Crippen LogP contribution < -0.4 is 5.32 Å². The van der Waals surface area contributed by atoms with Crippen LogP contribution in [-0.4, -0.2) is 49.8 Å². The van der Waals surface area contributed by atoms with Gasteiger partial charge >= 0.3 is 0 Å². The number of nitrogens with zero attached hydrogens (tertiary/aromatic N) is 1. The molecule has 1 aliphatic rings. The molecule has 0 spiro atoms. The molecular weight excluding hydrogens is 316 g/mol. The summed E-state index contributed by atoms with van der Waals surface area (Å²) in [5.74, 6) is 0. The zero-order valence-corrected chi connectivity index (χ0v) is 14.0. The van der Waals surface area contributed by atoms with Gasteiger partial charge in [-0.3, -0.25) is 4.90 Å². The molecule has 0 aliphatic carbocycles. The van der Waals surface area contributed by atoms with E-state index in [4.69, 9.17) is 4.74 Å². The van der Waals surface area contributed by atoms with Crippen molar-refractivity contribution in [3.63, 3.8) is 0 Å². The van der Waals surface area contributed by atoms with Gasteiger partial charge in [-0.2, -0.15) is 0 Å². The van der Waals surface area contributed by atoms with Crippen molar-refractivity contribution in [2.45, 2.75) is 32.4 Å². The normalized spacial score (nSPS) is 19.8. The number of benzene rings is 1. The second-order valence-corrected chi connectivity index (χ2v) is 6.63. The topological polar surface area (TPSA) is 24.5 Å². The van der Waals surface area contributed by atoms with Gasteiger partial charge in [0.25, 0.3) is 0 Å². The van der Waals surface area contributed by atoms with Crippen LogP contribution in [0.3, 0.4) is 0 Å². The van der Waals surface area contributed by atoms with Crippen LogP contribution in [0.4, 0.5) is 0 Å². The van der Waals surface area contributed by atoms with E-state index in [-0.39, 0.29) is 0 Å². The van der Waals surface area contributed by atoms with Crippen LogP contribution in [0.2, 0.25) is 0 Å². The Morgan fingerprint density at radius 1 is 1.15 bits per heavy atom. The number of hydrogen-bond donors (Lipinski definition) is 1. The third-order valence-corrected chi connectivity index (χ3v) is 4.19. The fourth-order valence-electron chi connectivity index (χ4n) is 2.74. The molecule has 20 heavy (non-hydrogen) atoms. The average Bonchev–Trinajstić information content (AvgIpc) is 2.42. The predicted octanol–water partition coefficient (Wildman–Crippen LogP) is 2.69. The summed E-state index contributed by atoms with van der Waals surface area (Å²) in [7, 11) is 0. The number of hydrogen-bond acceptors (Lipinski definition) is 3. The molecule has 1 aliphatic heterocycles. The van der Waals surface area contributed by atoms with E-state index in [0.717, 1.165) is 43.7 Å². The van der Waals surface area contributed by atoms with E-state index in [2.05, 4.69) is 64.3 Å². The highest BCUT2D eigenvalue weighted by Gasteiger charge is 2.15. The number of rotatable bonds is 6. The zero-order valence-electron chi connectivity index (χ0n) is 12.4. The van der Waals surface area contributed by atoms with Gasteiger partial charge in [0.1, 0.15) is 0 Å². The maximum Gasteiger partial charge on any atom is 0.0594 e. The zero-order chi connectivity index (χ0) is 14.4. The Kier molecular flexibility index (Phi) is 6.49. The molecule has 1 N–H and O–H groups in total. The first-order valence-corrected chi connectivity index (χ1v) is 8.23. The maximum atomic E-state index is 5.39. The minimum Gasteiger partial charge on any atom is -0.379 e. The predicted molar refractivity (Wildman–Crippen MR) is 87.2 cm³/mol. The quantitative estimate of drug-likeness (QED) is 0.861. The van der Waals surface area contributed by atoms with Gasteiger partial charge < -0.3 is 10.1 Å². The summed E-state index contributed by atoms with van der Waals surface area (Å²) in [5, 5.41) is 3.70. The fraction of sp³-hybridized carbons (Fsp3) is 0.625. The molecule has 1 heterocycles. The molecule has 3 nitrogen and oxygen atoms in total. The molecule has 112 valence electrons. The van der Waals surface area contributed by atoms with E-state index in [1.807, 2.05) is 0 Å². The lowest BCUT2D eigenvalue weighted by molar-refractivity contribution is 0.0339. The highest BCUT2D eigenvalue weighted by Crippen LogP contribution is 2.12. The average molecular weight is 341 g/mol. The van der Waals surface area contributed by atoms with Crippen LogP contribution in [0.25, 0.3) is 0 Å². The van der Waals surface area contributed by atoms with E-state index in [0.29, 0.717) is 12.1 Å². The number of ether oxygens (including phenoxy) is 1. The summed E-state index contributed by atoms with van der Waals surface area (Å²) in [5.41, 5.74) is 1.38. The SMILES string of the molecule is CC(Cc1ccc(Br)cc1)NC(C)CN1CCOCC1. The molecule has 0 saturated carbocycles. The lowest BCUT2D eigenvalue weighted by Crippen LogP contribution is -2.47. The highest BCUT2D eigenvalue weighted by molar-refractivity contribution is 9.10. The van der Waals surface area contributed by atoms with Crippen LogP contribution >= 0.6 is 15.9 Å². The Morgan fingerprint density at radius 3 is 2.45 bits per heavy atom. The molecule has 1 aromatic carbocycles. The van der Waals surface area contributed by atoms with Crippen molar-refractivity contribution in [2.24, 2.45) is 0 Å². The van der Waals surface area contributed by atoms with Gasteiger partial charge in [0.2, 0.25) is 0 Å². The summed E-state index contributed by atoms with van der Waals surface area (Å²) in [6.07, 6.45) is 1.07. The molecule has 1 aromatic rings. The van der Waals surface area contributed by atoms with E-state index in [1.54, 1.807) is 0 Å². The van der Waals surface area contributed by atoms with Crippen molar-refractivity contribution < 1.29 is 4.74 Å². The molecule has 4 heteroatoms. The Labute approximate surface area is 130 Å². The first kappa shape index (κ1) is 16.0. The van der Waals surface area contributed by atoms with Crippen LogP contribution in [-0.2, 0) is 11.2 Å². The minimum atomic E-state index is 0.493. The van der Waals surface area contributed by atoms with Crippen molar-refractivity contribution in [3.8, 4) is 0 Å². The monoisotopic (exact) mass is 340 g/mol. The van der Waals surface area contributed by atoms with Crippen molar-refractivity contribution in [3.05, 3.63) is 34.3 Å². The third kappa shape index (κ3) is 5.52. The van der Waals surface area contributed by atoms with Gasteiger partial charge in [-0.05, 0) is 38.0 Å². The number of morpholine rings is 1. The standard InChI is InChI=1S/C16H25BrN2O/c1-13(11-15-3-5-16(17)6-4-15)18-14(2)12-19-7-9-20-10-8-19/h3-6,13-14,18H,7-12H2,1-2H3. The lowest BCUT2D eigenvalue weighted by atomic mass is 10.1. The number of halogens is 1. The number of nitrogens with one attached hydrogen (secondary N) is 1. The molecular formula is C16H25BrN2O. The van der Waals surface area contributed by atoms with E-state index in [1.165, 1.54) is 5.56 Å². The molecule has 0 bridgehead atoms. The van der Waals surface area contributed by atoms with E-state index >= 15 is 0 Å². The van der Waals surface area contributed by atoms with Gasteiger partial charge in [0.05, 0.1) is 13.2 Å². The van der Waals surface area contributed by atoms with Gasteiger partial charge in [-0.25, -0.2) is 0 Å². The minimum absolute atomic E-state index is 0.493. The van der Waals surface area contributed by atoms with Crippen molar-refractivity contribution >= 4 is 15.9 Å². The summed E-state index contributed by atoms with van der Waals surface area (Å²) in [4.78, 5) is 2.48. The molecule has 2 atom stereocenters. The molecule has 0 amide bonds. The molecule has 0 radical (unpaired) electrons. The Balaban J connectivity index is 1.72. The molecule has 1 fully saturated rings. The smallest absolute Gasteiger partial charge is 0.0594 e. The van der Waals surface area contributed by atoms with Gasteiger partial charge in [-0.15, -0.1) is 0 Å². The van der Waals surface area contributed by atoms with Crippen molar-refractivity contribution in [1.82, 2.24) is 10.2 Å². The van der Waals surface area contributed by atoms with Crippen LogP contribution in [0.1, 0.15) is 19.4 Å². The largest absolute Gasteiger partial charge is 0.379 e. The molecule has 2 unspecified atom stereocenters. The molecule has 2 rings (SSSR count). The Hall–Kier alpha value is -0.420. The molecule has 0 aromatic heterocycles. The fourth-order valence-corrected chi connectivity index (χ4v) is 3.01. The van der Waals surface area contributed by atoms with E-state index in [9.17, 15) is 0 Å². The third-order valence-electron chi connectivity index (χ3n) is 3.66. The maximum absolute atomic E-state index is 5.39. The van der Waals surface area contributed by atoms with Crippen molar-refractivity contribution in [2.75, 3.05) is 32.8 Å². The molecule has 1 saturated heterocycles. The van der Waals surface area contributed by atoms with Gasteiger partial charge in [0, 0.05) is 36.2 Å². The second kappa shape index (κ2) is 8.13. The summed E-state index contributed by atoms with van der Waals surface area (Å²) in [6, 6.07) is 9.60. The first-order chi connectivity index (χ1) is 9.63. The first-order valence-electron chi connectivity index (χ1n) is 7.44.